The molecule has 1 N–H and O–H groups in total. The molecule has 0 saturated carbocycles. The number of alkyl halides is 1. The molecular formula is C28H36F2N2O3. The van der Waals surface area contributed by atoms with Crippen molar-refractivity contribution in [2.24, 2.45) is 5.92 Å². The summed E-state index contributed by atoms with van der Waals surface area (Å²) < 4.78 is 34.6. The maximum Gasteiger partial charge on any atom is 0.254 e. The number of ether oxygens (including phenoxy) is 1. The van der Waals surface area contributed by atoms with E-state index >= 15 is 0 Å². The first-order valence-electron chi connectivity index (χ1n) is 12.6. The molecule has 0 spiro atoms. The molecule has 1 atom stereocenters. The summed E-state index contributed by atoms with van der Waals surface area (Å²) in [5, 5.41) is 9.48. The predicted octanol–water partition coefficient (Wildman–Crippen LogP) is 4.93. The van der Waals surface area contributed by atoms with E-state index in [2.05, 4.69) is 4.90 Å². The number of nitrogens with zero attached hydrogens (tertiary/aromatic N) is 2. The second-order valence-corrected chi connectivity index (χ2v) is 10.4. The summed E-state index contributed by atoms with van der Waals surface area (Å²) in [6.45, 7) is 6.51. The van der Waals surface area contributed by atoms with E-state index < -0.39 is 5.67 Å². The van der Waals surface area contributed by atoms with Crippen LogP contribution < -0.4 is 4.74 Å². The summed E-state index contributed by atoms with van der Waals surface area (Å²) >= 11 is 0. The number of benzene rings is 2. The Morgan fingerprint density at radius 2 is 1.80 bits per heavy atom. The Kier molecular flexibility index (Phi) is 8.07. The lowest BCUT2D eigenvalue weighted by Gasteiger charge is -2.34. The van der Waals surface area contributed by atoms with Gasteiger partial charge in [0.15, 0.2) is 0 Å². The normalized spacial score (nSPS) is 19.8. The van der Waals surface area contributed by atoms with Gasteiger partial charge in [0, 0.05) is 30.3 Å². The first-order chi connectivity index (χ1) is 16.7. The summed E-state index contributed by atoms with van der Waals surface area (Å²) in [6, 6.07) is 11.7. The van der Waals surface area contributed by atoms with Gasteiger partial charge < -0.3 is 19.6 Å². The molecule has 5 nitrogen and oxygen atoms in total. The SMILES string of the molecule is CC(C)(F)CN1CCC(COc2ccc(-c3ccc(C(=O)N4CCC[C@H]4CO)cc3)c(F)c2)CC1. The van der Waals surface area contributed by atoms with Crippen molar-refractivity contribution in [1.29, 1.82) is 0 Å². The van der Waals surface area contributed by atoms with Crippen molar-refractivity contribution in [3.05, 3.63) is 53.8 Å². The molecule has 0 aliphatic carbocycles. The number of aliphatic hydroxyl groups is 1. The molecular weight excluding hydrogens is 450 g/mol. The van der Waals surface area contributed by atoms with Crippen LogP contribution in [0.1, 0.15) is 49.9 Å². The van der Waals surface area contributed by atoms with Crippen LogP contribution in [-0.2, 0) is 0 Å². The fourth-order valence-electron chi connectivity index (χ4n) is 5.13. The molecule has 2 saturated heterocycles. The first-order valence-corrected chi connectivity index (χ1v) is 12.6. The van der Waals surface area contributed by atoms with Crippen molar-refractivity contribution < 1.29 is 23.4 Å². The number of rotatable bonds is 8. The van der Waals surface area contributed by atoms with Gasteiger partial charge >= 0.3 is 0 Å². The highest BCUT2D eigenvalue weighted by atomic mass is 19.1. The minimum absolute atomic E-state index is 0.0276. The maximum atomic E-state index is 14.9. The lowest BCUT2D eigenvalue weighted by molar-refractivity contribution is 0.0677. The molecule has 2 aliphatic heterocycles. The molecule has 2 aromatic rings. The van der Waals surface area contributed by atoms with Gasteiger partial charge in [-0.3, -0.25) is 4.79 Å². The van der Waals surface area contributed by atoms with Crippen LogP contribution in [-0.4, -0.2) is 71.9 Å². The van der Waals surface area contributed by atoms with E-state index in [9.17, 15) is 18.7 Å². The zero-order valence-corrected chi connectivity index (χ0v) is 20.7. The zero-order chi connectivity index (χ0) is 25.0. The number of hydrogen-bond donors (Lipinski definition) is 1. The molecule has 2 heterocycles. The molecule has 190 valence electrons. The lowest BCUT2D eigenvalue weighted by Crippen LogP contribution is -2.41. The van der Waals surface area contributed by atoms with E-state index in [1.807, 2.05) is 0 Å². The molecule has 1 amide bonds. The first kappa shape index (κ1) is 25.6. The van der Waals surface area contributed by atoms with Crippen molar-refractivity contribution in [2.45, 2.75) is 51.2 Å². The number of carbonyl (C=O) groups is 1. The number of amides is 1. The molecule has 0 radical (unpaired) electrons. The van der Waals surface area contributed by atoms with Gasteiger partial charge in [-0.25, -0.2) is 8.78 Å². The van der Waals surface area contributed by atoms with Gasteiger partial charge in [0.1, 0.15) is 17.2 Å². The molecule has 0 bridgehead atoms. The highest BCUT2D eigenvalue weighted by Crippen LogP contribution is 2.29. The number of piperidine rings is 1. The van der Waals surface area contributed by atoms with E-state index in [1.165, 1.54) is 6.07 Å². The Morgan fingerprint density at radius 3 is 2.43 bits per heavy atom. The molecule has 4 rings (SSSR count). The van der Waals surface area contributed by atoms with Gasteiger partial charge in [0.25, 0.3) is 5.91 Å². The quantitative estimate of drug-likeness (QED) is 0.575. The van der Waals surface area contributed by atoms with Crippen LogP contribution in [0.25, 0.3) is 11.1 Å². The number of carbonyl (C=O) groups excluding carboxylic acids is 1. The topological polar surface area (TPSA) is 53.0 Å². The van der Waals surface area contributed by atoms with Gasteiger partial charge in [-0.15, -0.1) is 0 Å². The summed E-state index contributed by atoms with van der Waals surface area (Å²) in [5.74, 6) is 0.398. The molecule has 2 aliphatic rings. The van der Waals surface area contributed by atoms with Crippen LogP contribution in [0, 0.1) is 11.7 Å². The standard InChI is InChI=1S/C28H36F2N2O3/c1-28(2,30)19-31-14-11-20(12-15-31)18-35-24-9-10-25(26(29)16-24)21-5-7-22(8-6-21)27(34)32-13-3-4-23(32)17-33/h5-10,16,20,23,33H,3-4,11-15,17-19H2,1-2H3/t23-/m0/s1. The Morgan fingerprint density at radius 1 is 1.09 bits per heavy atom. The highest BCUT2D eigenvalue weighted by Gasteiger charge is 2.29. The maximum absolute atomic E-state index is 14.9. The van der Waals surface area contributed by atoms with E-state index in [-0.39, 0.29) is 24.4 Å². The number of aliphatic hydroxyl groups excluding tert-OH is 1. The average Bonchev–Trinajstić information content (AvgIpc) is 3.31. The second-order valence-electron chi connectivity index (χ2n) is 10.4. The summed E-state index contributed by atoms with van der Waals surface area (Å²) in [7, 11) is 0. The summed E-state index contributed by atoms with van der Waals surface area (Å²) in [4.78, 5) is 16.6. The average molecular weight is 487 g/mol. The Hall–Kier alpha value is -2.51. The Bertz CT molecular complexity index is 998. The van der Waals surface area contributed by atoms with Crippen molar-refractivity contribution in [3.63, 3.8) is 0 Å². The molecule has 0 aromatic heterocycles. The van der Waals surface area contributed by atoms with E-state index in [4.69, 9.17) is 4.74 Å². The third kappa shape index (κ3) is 6.58. The van der Waals surface area contributed by atoms with E-state index in [1.54, 1.807) is 55.1 Å². The minimum atomic E-state index is -1.19. The third-order valence-corrected chi connectivity index (χ3v) is 7.02. The van der Waals surface area contributed by atoms with Crippen LogP contribution >= 0.6 is 0 Å². The van der Waals surface area contributed by atoms with Crippen molar-refractivity contribution in [3.8, 4) is 16.9 Å². The second kappa shape index (κ2) is 11.0. The molecule has 2 aromatic carbocycles. The number of halogens is 2. The molecule has 2 fully saturated rings. The fraction of sp³-hybridized carbons (Fsp3) is 0.536. The van der Waals surface area contributed by atoms with Crippen LogP contribution in [0.5, 0.6) is 5.75 Å². The van der Waals surface area contributed by atoms with E-state index in [0.29, 0.717) is 48.1 Å². The minimum Gasteiger partial charge on any atom is -0.493 e. The fourth-order valence-corrected chi connectivity index (χ4v) is 5.13. The van der Waals surface area contributed by atoms with Crippen LogP contribution in [0.3, 0.4) is 0 Å². The molecule has 35 heavy (non-hydrogen) atoms. The predicted molar refractivity (Wildman–Crippen MR) is 133 cm³/mol. The van der Waals surface area contributed by atoms with Crippen molar-refractivity contribution in [2.75, 3.05) is 39.4 Å². The van der Waals surface area contributed by atoms with Crippen LogP contribution in [0.4, 0.5) is 8.78 Å². The highest BCUT2D eigenvalue weighted by molar-refractivity contribution is 5.95. The Balaban J connectivity index is 1.32. The zero-order valence-electron chi connectivity index (χ0n) is 20.7. The largest absolute Gasteiger partial charge is 0.493 e. The molecule has 7 heteroatoms. The molecule has 0 unspecified atom stereocenters. The van der Waals surface area contributed by atoms with Crippen molar-refractivity contribution in [1.82, 2.24) is 9.80 Å². The third-order valence-electron chi connectivity index (χ3n) is 7.02. The van der Waals surface area contributed by atoms with Gasteiger partial charge in [-0.05, 0) is 88.4 Å². The van der Waals surface area contributed by atoms with E-state index in [0.717, 1.165) is 38.8 Å². The van der Waals surface area contributed by atoms with Gasteiger partial charge in [0.05, 0.1) is 19.3 Å². The Labute approximate surface area is 206 Å². The monoisotopic (exact) mass is 486 g/mol. The van der Waals surface area contributed by atoms with Crippen molar-refractivity contribution >= 4 is 5.91 Å². The van der Waals surface area contributed by atoms with Gasteiger partial charge in [0.2, 0.25) is 0 Å². The number of hydrogen-bond acceptors (Lipinski definition) is 4. The summed E-state index contributed by atoms with van der Waals surface area (Å²) in [6.07, 6.45) is 3.60. The van der Waals surface area contributed by atoms with Gasteiger partial charge in [-0.1, -0.05) is 12.1 Å². The summed E-state index contributed by atoms with van der Waals surface area (Å²) in [5.41, 5.74) is 0.493. The number of likely N-dealkylation sites (tertiary alicyclic amines) is 2. The van der Waals surface area contributed by atoms with Crippen LogP contribution in [0.15, 0.2) is 42.5 Å². The van der Waals surface area contributed by atoms with Gasteiger partial charge in [-0.2, -0.15) is 0 Å². The lowest BCUT2D eigenvalue weighted by atomic mass is 9.97. The van der Waals surface area contributed by atoms with Crippen LogP contribution in [0.2, 0.25) is 0 Å². The smallest absolute Gasteiger partial charge is 0.254 e.